The molecular weight excluding hydrogens is 480 g/mol. The molecule has 0 spiro atoms. The zero-order valence-electron chi connectivity index (χ0n) is 24.1. The molecule has 1 heterocycles. The summed E-state index contributed by atoms with van der Waals surface area (Å²) in [5.41, 5.74) is 0.477. The van der Waals surface area contributed by atoms with Crippen LogP contribution in [0.25, 0.3) is 0 Å². The fourth-order valence-corrected chi connectivity index (χ4v) is 4.46. The molecular formula is C26H52N4O7. The summed E-state index contributed by atoms with van der Waals surface area (Å²) in [6, 6.07) is -0.430. The minimum Gasteiger partial charge on any atom is -0.395 e. The van der Waals surface area contributed by atoms with Crippen molar-refractivity contribution in [3.8, 4) is 0 Å². The van der Waals surface area contributed by atoms with Crippen LogP contribution in [0.1, 0.15) is 48.5 Å². The first kappa shape index (κ1) is 37.6. The maximum Gasteiger partial charge on any atom is 0.373 e. The largest absolute Gasteiger partial charge is 0.395 e. The Morgan fingerprint density at radius 1 is 0.649 bits per heavy atom. The first-order chi connectivity index (χ1) is 17.2. The highest BCUT2D eigenvalue weighted by molar-refractivity contribution is 5.20. The summed E-state index contributed by atoms with van der Waals surface area (Å²) in [5, 5.41) is 29.7. The number of carbonyl (C=O) groups excluding carboxylic acids is 4. The van der Waals surface area contributed by atoms with Crippen LogP contribution < -0.4 is 0 Å². The Hall–Kier alpha value is -1.52. The van der Waals surface area contributed by atoms with Crippen molar-refractivity contribution in [2.75, 3.05) is 85.2 Å². The molecule has 1 rings (SSSR count). The molecule has 0 amide bonds. The molecule has 1 saturated heterocycles. The summed E-state index contributed by atoms with van der Waals surface area (Å²) in [6.45, 7) is 26.1. The molecule has 2 unspecified atom stereocenters. The molecule has 0 radical (unpaired) electrons. The predicted molar refractivity (Wildman–Crippen MR) is 139 cm³/mol. The van der Waals surface area contributed by atoms with Gasteiger partial charge in [0.25, 0.3) is 0 Å². The molecule has 0 bridgehead atoms. The Balaban J connectivity index is 0. The van der Waals surface area contributed by atoms with Crippen LogP contribution in [0.2, 0.25) is 0 Å². The minimum absolute atomic E-state index is 0.146. The van der Waals surface area contributed by atoms with Gasteiger partial charge in [0.2, 0.25) is 0 Å². The first-order valence-electron chi connectivity index (χ1n) is 13.0. The van der Waals surface area contributed by atoms with E-state index in [9.17, 15) is 15.3 Å². The Bertz CT molecular complexity index is 628. The minimum atomic E-state index is -0.925. The van der Waals surface area contributed by atoms with Crippen LogP contribution in [0, 0.1) is 10.8 Å². The van der Waals surface area contributed by atoms with Crippen molar-refractivity contribution < 1.29 is 34.5 Å². The summed E-state index contributed by atoms with van der Waals surface area (Å²) < 4.78 is 0. The predicted octanol–water partition coefficient (Wildman–Crippen LogP) is -0.133. The van der Waals surface area contributed by atoms with Crippen LogP contribution in [0.4, 0.5) is 0 Å². The number of aliphatic hydroxyl groups excluding tert-OH is 3. The number of hydrogen-bond acceptors (Lipinski definition) is 11. The Kier molecular flexibility index (Phi) is 20.8. The molecule has 218 valence electrons. The van der Waals surface area contributed by atoms with Crippen LogP contribution in [0.5, 0.6) is 0 Å². The van der Waals surface area contributed by atoms with E-state index in [1.165, 1.54) is 0 Å². The Morgan fingerprint density at radius 3 is 1.27 bits per heavy atom. The molecule has 1 aliphatic heterocycles. The number of aliphatic hydroxyl groups is 3. The molecule has 37 heavy (non-hydrogen) atoms. The van der Waals surface area contributed by atoms with Gasteiger partial charge in [-0.15, -0.1) is 0 Å². The van der Waals surface area contributed by atoms with Gasteiger partial charge in [-0.2, -0.15) is 19.2 Å². The van der Waals surface area contributed by atoms with Gasteiger partial charge >= 0.3 is 12.3 Å². The van der Waals surface area contributed by atoms with Crippen molar-refractivity contribution >= 4 is 12.3 Å². The van der Waals surface area contributed by atoms with Crippen molar-refractivity contribution in [3.05, 3.63) is 0 Å². The highest BCUT2D eigenvalue weighted by Crippen LogP contribution is 2.18. The van der Waals surface area contributed by atoms with Crippen molar-refractivity contribution in [3.63, 3.8) is 0 Å². The number of rotatable bonds is 7. The summed E-state index contributed by atoms with van der Waals surface area (Å²) in [4.78, 5) is 42.3. The fraction of sp³-hybridized carbons (Fsp3) is 0.923. The fourth-order valence-electron chi connectivity index (χ4n) is 4.46. The number of nitrogens with zero attached hydrogens (tertiary/aromatic N) is 4. The molecule has 2 atom stereocenters. The third kappa shape index (κ3) is 20.2. The molecule has 0 aromatic carbocycles. The first-order valence-corrected chi connectivity index (χ1v) is 13.0. The lowest BCUT2D eigenvalue weighted by molar-refractivity contribution is -0.193. The number of hydrogen-bond donors (Lipinski definition) is 3. The van der Waals surface area contributed by atoms with Gasteiger partial charge in [-0.25, -0.2) is 0 Å². The van der Waals surface area contributed by atoms with Gasteiger partial charge in [0.15, 0.2) is 0 Å². The van der Waals surface area contributed by atoms with Crippen LogP contribution in [-0.2, 0) is 19.2 Å². The third-order valence-corrected chi connectivity index (χ3v) is 6.00. The van der Waals surface area contributed by atoms with E-state index in [1.807, 2.05) is 0 Å². The molecule has 0 saturated carbocycles. The van der Waals surface area contributed by atoms with Gasteiger partial charge in [0.1, 0.15) is 0 Å². The van der Waals surface area contributed by atoms with Gasteiger partial charge < -0.3 is 30.0 Å². The van der Waals surface area contributed by atoms with Crippen LogP contribution in [0.15, 0.2) is 0 Å². The van der Waals surface area contributed by atoms with Gasteiger partial charge in [-0.3, -0.25) is 4.90 Å². The van der Waals surface area contributed by atoms with Gasteiger partial charge in [0.05, 0.1) is 25.4 Å². The average Bonchev–Trinajstić information content (AvgIpc) is 2.78. The molecule has 0 aliphatic carbocycles. The normalized spacial score (nSPS) is 19.4. The van der Waals surface area contributed by atoms with E-state index < -0.39 is 12.1 Å². The van der Waals surface area contributed by atoms with E-state index in [1.54, 1.807) is 0 Å². The van der Waals surface area contributed by atoms with Crippen molar-refractivity contribution in [1.29, 1.82) is 0 Å². The second kappa shape index (κ2) is 20.4. The third-order valence-electron chi connectivity index (χ3n) is 6.00. The standard InChI is InChI=1S/C24H52N4O3.2CO2/c1-8-25-9-10-26(19-23(2,3)4)11-12-27(20-24(5,6)7)14-16-28(15-13-25)21(17-29)22(31)18-30;2*2-1-3/h21-22,29-31H,8-20H2,1-7H3;;. The lowest BCUT2D eigenvalue weighted by atomic mass is 9.95. The number of likely N-dealkylation sites (N-methyl/N-ethyl adjacent to an activating group) is 1. The second-order valence-electron chi connectivity index (χ2n) is 11.8. The van der Waals surface area contributed by atoms with Crippen LogP contribution in [0.3, 0.4) is 0 Å². The lowest BCUT2D eigenvalue weighted by Crippen LogP contribution is -2.54. The molecule has 1 aliphatic rings. The average molecular weight is 533 g/mol. The van der Waals surface area contributed by atoms with Crippen molar-refractivity contribution in [1.82, 2.24) is 19.6 Å². The zero-order valence-corrected chi connectivity index (χ0v) is 24.1. The van der Waals surface area contributed by atoms with Gasteiger partial charge in [-0.1, -0.05) is 48.5 Å². The molecule has 0 aromatic heterocycles. The Labute approximate surface area is 223 Å². The quantitative estimate of drug-likeness (QED) is 0.403. The monoisotopic (exact) mass is 532 g/mol. The summed E-state index contributed by atoms with van der Waals surface area (Å²) in [6.07, 6.45) is -0.425. The second-order valence-corrected chi connectivity index (χ2v) is 11.8. The van der Waals surface area contributed by atoms with Crippen molar-refractivity contribution in [2.24, 2.45) is 10.8 Å². The van der Waals surface area contributed by atoms with E-state index in [2.05, 4.69) is 68.1 Å². The zero-order chi connectivity index (χ0) is 29.1. The molecule has 11 nitrogen and oxygen atoms in total. The topological polar surface area (TPSA) is 142 Å². The van der Waals surface area contributed by atoms with Gasteiger partial charge in [-0.05, 0) is 17.4 Å². The smallest absolute Gasteiger partial charge is 0.373 e. The highest BCUT2D eigenvalue weighted by Gasteiger charge is 2.27. The Morgan fingerprint density at radius 2 is 0.973 bits per heavy atom. The van der Waals surface area contributed by atoms with E-state index in [-0.39, 0.29) is 36.3 Å². The molecule has 1 fully saturated rings. The SMILES string of the molecule is CCN1CCN(CC(C)(C)C)CCN(CC(C)(C)C)CCN(C(CO)C(O)CO)CC1.O=C=O.O=C=O. The summed E-state index contributed by atoms with van der Waals surface area (Å²) in [5.74, 6) is 0. The van der Waals surface area contributed by atoms with E-state index >= 15 is 0 Å². The maximum atomic E-state index is 10.3. The summed E-state index contributed by atoms with van der Waals surface area (Å²) in [7, 11) is 0. The lowest BCUT2D eigenvalue weighted by Gasteiger charge is -2.40. The van der Waals surface area contributed by atoms with Crippen LogP contribution >= 0.6 is 0 Å². The van der Waals surface area contributed by atoms with E-state index in [4.69, 9.17) is 19.2 Å². The molecule has 11 heteroatoms. The molecule has 0 aromatic rings. The summed E-state index contributed by atoms with van der Waals surface area (Å²) >= 11 is 0. The molecule has 3 N–H and O–H groups in total. The maximum absolute atomic E-state index is 10.3. The van der Waals surface area contributed by atoms with Gasteiger partial charge in [0, 0.05) is 65.4 Å². The van der Waals surface area contributed by atoms with Crippen LogP contribution in [-0.4, -0.2) is 145 Å². The van der Waals surface area contributed by atoms with Crippen molar-refractivity contribution in [2.45, 2.75) is 60.6 Å². The highest BCUT2D eigenvalue weighted by atomic mass is 16.3. The van der Waals surface area contributed by atoms with E-state index in [0.29, 0.717) is 0 Å². The van der Waals surface area contributed by atoms with E-state index in [0.717, 1.165) is 72.0 Å².